The van der Waals surface area contributed by atoms with Crippen molar-refractivity contribution in [3.05, 3.63) is 41.9 Å². The van der Waals surface area contributed by atoms with Crippen molar-refractivity contribution in [2.45, 2.75) is 6.92 Å². The van der Waals surface area contributed by atoms with Gasteiger partial charge in [0.05, 0.1) is 33.2 Å². The van der Waals surface area contributed by atoms with Crippen molar-refractivity contribution in [1.29, 1.82) is 0 Å². The van der Waals surface area contributed by atoms with E-state index in [1.165, 1.54) is 39.7 Å². The summed E-state index contributed by atoms with van der Waals surface area (Å²) >= 11 is 0. The molecular weight excluding hydrogens is 302 g/mol. The van der Waals surface area contributed by atoms with Crippen LogP contribution in [-0.4, -0.2) is 33.0 Å². The van der Waals surface area contributed by atoms with Gasteiger partial charge in [0.1, 0.15) is 5.71 Å². The Kier molecular flexibility index (Phi) is 5.24. The maximum Gasteiger partial charge on any atom is 0.366 e. The van der Waals surface area contributed by atoms with Gasteiger partial charge in [0.2, 0.25) is 5.75 Å². The molecule has 0 atom stereocenters. The molecule has 0 spiro atoms. The van der Waals surface area contributed by atoms with Crippen molar-refractivity contribution in [1.82, 2.24) is 0 Å². The third-order valence-corrected chi connectivity index (χ3v) is 3.04. The number of carbonyl (C=O) groups is 1. The minimum absolute atomic E-state index is 0.218. The molecule has 0 radical (unpaired) electrons. The van der Waals surface area contributed by atoms with E-state index >= 15 is 0 Å². The minimum Gasteiger partial charge on any atom is -0.493 e. The summed E-state index contributed by atoms with van der Waals surface area (Å²) in [5.74, 6) is 0.954. The van der Waals surface area contributed by atoms with Crippen LogP contribution in [0.5, 0.6) is 17.2 Å². The molecule has 2 rings (SSSR count). The van der Waals surface area contributed by atoms with Crippen LogP contribution in [0.4, 0.5) is 0 Å². The number of carbonyl (C=O) groups excluding carboxylic acids is 1. The van der Waals surface area contributed by atoms with Crippen LogP contribution >= 0.6 is 0 Å². The van der Waals surface area contributed by atoms with Gasteiger partial charge in [0, 0.05) is 0 Å². The number of hydrogen-bond acceptors (Lipinski definition) is 7. The van der Waals surface area contributed by atoms with Crippen LogP contribution in [0.25, 0.3) is 0 Å². The topological polar surface area (TPSA) is 79.5 Å². The van der Waals surface area contributed by atoms with Crippen molar-refractivity contribution >= 4 is 11.7 Å². The van der Waals surface area contributed by atoms with Crippen LogP contribution in [0, 0.1) is 0 Å². The van der Waals surface area contributed by atoms with E-state index in [4.69, 9.17) is 23.5 Å². The number of furan rings is 1. The lowest BCUT2D eigenvalue weighted by Crippen LogP contribution is -2.05. The van der Waals surface area contributed by atoms with Gasteiger partial charge >= 0.3 is 5.97 Å². The number of rotatable bonds is 6. The first-order valence-electron chi connectivity index (χ1n) is 6.70. The Hall–Kier alpha value is -2.96. The zero-order valence-electron chi connectivity index (χ0n) is 13.3. The van der Waals surface area contributed by atoms with Crippen LogP contribution in [0.3, 0.4) is 0 Å². The molecule has 0 saturated carbocycles. The lowest BCUT2D eigenvalue weighted by atomic mass is 10.2. The van der Waals surface area contributed by atoms with Crippen LogP contribution in [0.15, 0.2) is 40.1 Å². The monoisotopic (exact) mass is 319 g/mol. The Morgan fingerprint density at radius 1 is 1.09 bits per heavy atom. The van der Waals surface area contributed by atoms with Gasteiger partial charge in [-0.05, 0) is 31.2 Å². The Morgan fingerprint density at radius 2 is 1.74 bits per heavy atom. The molecule has 0 N–H and O–H groups in total. The molecule has 1 heterocycles. The smallest absolute Gasteiger partial charge is 0.366 e. The average molecular weight is 319 g/mol. The highest BCUT2D eigenvalue weighted by Gasteiger charge is 2.18. The Morgan fingerprint density at radius 3 is 2.22 bits per heavy atom. The fourth-order valence-electron chi connectivity index (χ4n) is 1.89. The highest BCUT2D eigenvalue weighted by molar-refractivity contribution is 5.97. The van der Waals surface area contributed by atoms with Crippen molar-refractivity contribution in [2.24, 2.45) is 5.16 Å². The van der Waals surface area contributed by atoms with Crippen LogP contribution in [-0.2, 0) is 4.84 Å². The molecule has 122 valence electrons. The lowest BCUT2D eigenvalue weighted by Gasteiger charge is -2.13. The molecule has 0 aliphatic heterocycles. The van der Waals surface area contributed by atoms with Crippen LogP contribution in [0.2, 0.25) is 0 Å². The normalized spacial score (nSPS) is 11.0. The molecule has 0 saturated heterocycles. The number of oxime groups is 1. The Balaban J connectivity index is 2.24. The van der Waals surface area contributed by atoms with E-state index in [1.807, 2.05) is 0 Å². The number of nitrogens with zero attached hydrogens (tertiary/aromatic N) is 1. The molecule has 0 unspecified atom stereocenters. The van der Waals surface area contributed by atoms with Gasteiger partial charge in [-0.15, -0.1) is 0 Å². The van der Waals surface area contributed by atoms with Gasteiger partial charge in [0.25, 0.3) is 0 Å². The third kappa shape index (κ3) is 3.63. The van der Waals surface area contributed by atoms with Crippen molar-refractivity contribution in [2.75, 3.05) is 21.3 Å². The van der Waals surface area contributed by atoms with Gasteiger partial charge in [-0.2, -0.15) is 0 Å². The van der Waals surface area contributed by atoms with Crippen LogP contribution < -0.4 is 14.2 Å². The number of methoxy groups -OCH3 is 3. The van der Waals surface area contributed by atoms with Gasteiger partial charge < -0.3 is 23.5 Å². The fourth-order valence-corrected chi connectivity index (χ4v) is 1.89. The SMILES string of the molecule is COc1cc(C(=O)O/N=C(\C)c2ccco2)cc(OC)c1OC. The molecule has 7 nitrogen and oxygen atoms in total. The molecule has 0 amide bonds. The Labute approximate surface area is 133 Å². The largest absolute Gasteiger partial charge is 0.493 e. The molecule has 2 aromatic rings. The first kappa shape index (κ1) is 16.4. The van der Waals surface area contributed by atoms with Crippen molar-refractivity contribution in [3.63, 3.8) is 0 Å². The summed E-state index contributed by atoms with van der Waals surface area (Å²) in [6, 6.07) is 6.41. The number of benzene rings is 1. The predicted octanol–water partition coefficient (Wildman–Crippen LogP) is 2.89. The summed E-state index contributed by atoms with van der Waals surface area (Å²) in [6.07, 6.45) is 1.51. The van der Waals surface area contributed by atoms with Crippen molar-refractivity contribution < 1.29 is 28.3 Å². The molecular formula is C16H17NO6. The minimum atomic E-state index is -0.657. The molecule has 0 bridgehead atoms. The predicted molar refractivity (Wildman–Crippen MR) is 82.4 cm³/mol. The standard InChI is InChI=1S/C16H17NO6/c1-10(12-6-5-7-22-12)17-23-16(18)11-8-13(19-2)15(21-4)14(9-11)20-3/h5-9H,1-4H3/b17-10+. The van der Waals surface area contributed by atoms with Crippen molar-refractivity contribution in [3.8, 4) is 17.2 Å². The zero-order chi connectivity index (χ0) is 16.8. The molecule has 1 aromatic heterocycles. The molecule has 23 heavy (non-hydrogen) atoms. The van der Waals surface area contributed by atoms with E-state index in [1.54, 1.807) is 19.1 Å². The first-order valence-corrected chi connectivity index (χ1v) is 6.70. The van der Waals surface area contributed by atoms with E-state index in [0.29, 0.717) is 28.7 Å². The summed E-state index contributed by atoms with van der Waals surface area (Å²) in [5.41, 5.74) is 0.659. The second-order valence-corrected chi connectivity index (χ2v) is 4.45. The number of hydrogen-bond donors (Lipinski definition) is 0. The highest BCUT2D eigenvalue weighted by Crippen LogP contribution is 2.38. The second-order valence-electron chi connectivity index (χ2n) is 4.45. The van der Waals surface area contributed by atoms with E-state index in [0.717, 1.165) is 0 Å². The van der Waals surface area contributed by atoms with Gasteiger partial charge in [-0.1, -0.05) is 5.16 Å². The van der Waals surface area contributed by atoms with Gasteiger partial charge in [-0.25, -0.2) is 4.79 Å². The molecule has 0 aliphatic rings. The molecule has 0 fully saturated rings. The first-order chi connectivity index (χ1) is 11.1. The Bertz CT molecular complexity index is 680. The highest BCUT2D eigenvalue weighted by atomic mass is 16.7. The fraction of sp³-hybridized carbons (Fsp3) is 0.250. The number of ether oxygens (including phenoxy) is 3. The van der Waals surface area contributed by atoms with E-state index < -0.39 is 5.97 Å². The molecule has 0 aliphatic carbocycles. The quantitative estimate of drug-likeness (QED) is 0.463. The summed E-state index contributed by atoms with van der Waals surface area (Å²) in [6.45, 7) is 1.67. The third-order valence-electron chi connectivity index (χ3n) is 3.04. The van der Waals surface area contributed by atoms with E-state index in [2.05, 4.69) is 5.16 Å². The average Bonchev–Trinajstić information content (AvgIpc) is 3.12. The summed E-state index contributed by atoms with van der Waals surface area (Å²) in [7, 11) is 4.41. The van der Waals surface area contributed by atoms with E-state index in [-0.39, 0.29) is 5.56 Å². The second kappa shape index (κ2) is 7.35. The van der Waals surface area contributed by atoms with Gasteiger partial charge in [0.15, 0.2) is 17.3 Å². The lowest BCUT2D eigenvalue weighted by molar-refractivity contribution is 0.0515. The molecule has 7 heteroatoms. The maximum atomic E-state index is 12.1. The summed E-state index contributed by atoms with van der Waals surface area (Å²) in [5, 5.41) is 3.76. The summed E-state index contributed by atoms with van der Waals surface area (Å²) < 4.78 is 20.7. The van der Waals surface area contributed by atoms with Crippen LogP contribution in [0.1, 0.15) is 23.0 Å². The maximum absolute atomic E-state index is 12.1. The zero-order valence-corrected chi connectivity index (χ0v) is 13.3. The van der Waals surface area contributed by atoms with Gasteiger partial charge in [-0.3, -0.25) is 0 Å². The molecule has 1 aromatic carbocycles. The summed E-state index contributed by atoms with van der Waals surface area (Å²) in [4.78, 5) is 17.1. The van der Waals surface area contributed by atoms with E-state index in [9.17, 15) is 4.79 Å².